The van der Waals surface area contributed by atoms with Crippen molar-refractivity contribution < 1.29 is 14.3 Å². The number of carbonyl (C=O) groups is 2. The van der Waals surface area contributed by atoms with Gasteiger partial charge in [-0.2, -0.15) is 0 Å². The molecule has 6 nitrogen and oxygen atoms in total. The first-order valence-electron chi connectivity index (χ1n) is 10.1. The van der Waals surface area contributed by atoms with Crippen LogP contribution in [0, 0.1) is 0 Å². The predicted molar refractivity (Wildman–Crippen MR) is 122 cm³/mol. The van der Waals surface area contributed by atoms with Crippen LogP contribution in [-0.2, 0) is 22.6 Å². The lowest BCUT2D eigenvalue weighted by atomic mass is 10.0. The third kappa shape index (κ3) is 4.59. The van der Waals surface area contributed by atoms with E-state index in [0.717, 1.165) is 39.9 Å². The van der Waals surface area contributed by atoms with Gasteiger partial charge in [0, 0.05) is 52.8 Å². The van der Waals surface area contributed by atoms with Gasteiger partial charge in [0.15, 0.2) is 0 Å². The Hall–Kier alpha value is -3.25. The summed E-state index contributed by atoms with van der Waals surface area (Å²) in [6.07, 6.45) is 3.88. The Labute approximate surface area is 185 Å². The molecule has 1 atom stereocenters. The van der Waals surface area contributed by atoms with Gasteiger partial charge >= 0.3 is 0 Å². The largest absolute Gasteiger partial charge is 0.497 e. The fraction of sp³-hybridized carbons (Fsp3) is 0.250. The molecule has 160 valence electrons. The highest BCUT2D eigenvalue weighted by Gasteiger charge is 2.27. The maximum atomic E-state index is 12.9. The van der Waals surface area contributed by atoms with Crippen molar-refractivity contribution in [2.24, 2.45) is 0 Å². The molecule has 3 aromatic rings. The van der Waals surface area contributed by atoms with E-state index in [9.17, 15) is 9.59 Å². The minimum atomic E-state index is -0.622. The fourth-order valence-corrected chi connectivity index (χ4v) is 4.03. The summed E-state index contributed by atoms with van der Waals surface area (Å²) in [5.74, 6) is 0.337. The number of halogens is 1. The van der Waals surface area contributed by atoms with Crippen molar-refractivity contribution in [2.75, 3.05) is 13.7 Å². The molecular weight excluding hydrogens is 414 g/mol. The predicted octanol–water partition coefficient (Wildman–Crippen LogP) is 3.93. The van der Waals surface area contributed by atoms with Gasteiger partial charge in [0.25, 0.3) is 0 Å². The van der Waals surface area contributed by atoms with Crippen LogP contribution in [-0.4, -0.2) is 41.4 Å². The highest BCUT2D eigenvalue weighted by atomic mass is 35.5. The lowest BCUT2D eigenvalue weighted by Gasteiger charge is -2.29. The highest BCUT2D eigenvalue weighted by molar-refractivity contribution is 6.31. The summed E-state index contributed by atoms with van der Waals surface area (Å²) < 4.78 is 5.12. The normalized spacial score (nSPS) is 14.5. The van der Waals surface area contributed by atoms with Crippen molar-refractivity contribution in [3.63, 3.8) is 0 Å². The van der Waals surface area contributed by atoms with Crippen LogP contribution in [0.5, 0.6) is 5.75 Å². The second-order valence-electron chi connectivity index (χ2n) is 7.62. The number of fused-ring (bicyclic) bond motifs is 3. The monoisotopic (exact) mass is 437 g/mol. The molecule has 1 aliphatic rings. The summed E-state index contributed by atoms with van der Waals surface area (Å²) in [5, 5.41) is 4.47. The van der Waals surface area contributed by atoms with Gasteiger partial charge in [-0.05, 0) is 48.9 Å². The van der Waals surface area contributed by atoms with Gasteiger partial charge in [-0.3, -0.25) is 9.59 Å². The molecule has 0 radical (unpaired) electrons. The first-order valence-corrected chi connectivity index (χ1v) is 10.5. The SMILES string of the molecule is COc1ccc(C=CC(=O)NC(C)C(=O)N2CCc3[nH]c4ccc(Cl)cc4c3C2)cc1. The second-order valence-corrected chi connectivity index (χ2v) is 8.06. The molecule has 2 aromatic carbocycles. The van der Waals surface area contributed by atoms with E-state index in [1.807, 2.05) is 42.5 Å². The summed E-state index contributed by atoms with van der Waals surface area (Å²) in [6.45, 7) is 2.81. The highest BCUT2D eigenvalue weighted by Crippen LogP contribution is 2.30. The zero-order valence-electron chi connectivity index (χ0n) is 17.4. The summed E-state index contributed by atoms with van der Waals surface area (Å²) in [7, 11) is 1.60. The summed E-state index contributed by atoms with van der Waals surface area (Å²) in [6, 6.07) is 12.5. The molecule has 4 rings (SSSR count). The number of amides is 2. The molecule has 0 spiro atoms. The standard InChI is InChI=1S/C24H24ClN3O3/c1-15(26-23(29)10-5-16-3-7-18(31-2)8-4-16)24(30)28-12-11-22-20(14-28)19-13-17(25)6-9-21(19)27-22/h3-10,13,15,27H,11-12,14H2,1-2H3,(H,26,29). The zero-order chi connectivity index (χ0) is 22.0. The third-order valence-electron chi connectivity index (χ3n) is 5.52. The molecule has 0 bridgehead atoms. The van der Waals surface area contributed by atoms with Gasteiger partial charge in [-0.15, -0.1) is 0 Å². The van der Waals surface area contributed by atoms with Crippen LogP contribution in [0.25, 0.3) is 17.0 Å². The van der Waals surface area contributed by atoms with Gasteiger partial charge in [0.05, 0.1) is 7.11 Å². The van der Waals surface area contributed by atoms with Crippen molar-refractivity contribution in [1.29, 1.82) is 0 Å². The molecule has 0 saturated carbocycles. The minimum Gasteiger partial charge on any atom is -0.497 e. The molecule has 0 aliphatic carbocycles. The van der Waals surface area contributed by atoms with Crippen LogP contribution >= 0.6 is 11.6 Å². The topological polar surface area (TPSA) is 74.4 Å². The number of ether oxygens (including phenoxy) is 1. The molecule has 31 heavy (non-hydrogen) atoms. The van der Waals surface area contributed by atoms with E-state index in [4.69, 9.17) is 16.3 Å². The number of nitrogens with zero attached hydrogens (tertiary/aromatic N) is 1. The van der Waals surface area contributed by atoms with Crippen LogP contribution in [0.3, 0.4) is 0 Å². The van der Waals surface area contributed by atoms with Crippen molar-refractivity contribution in [3.8, 4) is 5.75 Å². The van der Waals surface area contributed by atoms with Gasteiger partial charge < -0.3 is 19.9 Å². The van der Waals surface area contributed by atoms with Crippen LogP contribution in [0.15, 0.2) is 48.5 Å². The van der Waals surface area contributed by atoms with Gasteiger partial charge in [-0.1, -0.05) is 23.7 Å². The number of carbonyl (C=O) groups excluding carboxylic acids is 2. The van der Waals surface area contributed by atoms with E-state index in [1.165, 1.54) is 6.08 Å². The number of hydrogen-bond donors (Lipinski definition) is 2. The van der Waals surface area contributed by atoms with Gasteiger partial charge in [0.1, 0.15) is 11.8 Å². The number of hydrogen-bond acceptors (Lipinski definition) is 3. The molecular formula is C24H24ClN3O3. The Kier molecular flexibility index (Phi) is 6.00. The first-order chi connectivity index (χ1) is 14.9. The van der Waals surface area contributed by atoms with Gasteiger partial charge in [-0.25, -0.2) is 0 Å². The summed E-state index contributed by atoms with van der Waals surface area (Å²) >= 11 is 6.16. The van der Waals surface area contributed by atoms with E-state index in [0.29, 0.717) is 18.1 Å². The maximum Gasteiger partial charge on any atom is 0.245 e. The third-order valence-corrected chi connectivity index (χ3v) is 5.76. The zero-order valence-corrected chi connectivity index (χ0v) is 18.2. The van der Waals surface area contributed by atoms with Crippen molar-refractivity contribution in [2.45, 2.75) is 25.9 Å². The number of H-pyrrole nitrogens is 1. The molecule has 2 heterocycles. The molecule has 1 aromatic heterocycles. The van der Waals surface area contributed by atoms with Crippen LogP contribution < -0.4 is 10.1 Å². The average molecular weight is 438 g/mol. The molecule has 2 amide bonds. The van der Waals surface area contributed by atoms with E-state index < -0.39 is 6.04 Å². The maximum absolute atomic E-state index is 12.9. The van der Waals surface area contributed by atoms with Crippen LogP contribution in [0.4, 0.5) is 0 Å². The van der Waals surface area contributed by atoms with Crippen molar-refractivity contribution >= 4 is 40.4 Å². The van der Waals surface area contributed by atoms with E-state index in [2.05, 4.69) is 10.3 Å². The second kappa shape index (κ2) is 8.86. The minimum absolute atomic E-state index is 0.103. The Morgan fingerprint density at radius 3 is 2.74 bits per heavy atom. The molecule has 0 saturated heterocycles. The molecule has 7 heteroatoms. The Balaban J connectivity index is 1.39. The Morgan fingerprint density at radius 2 is 2.00 bits per heavy atom. The van der Waals surface area contributed by atoms with E-state index in [1.54, 1.807) is 25.0 Å². The van der Waals surface area contributed by atoms with Crippen molar-refractivity contribution in [1.82, 2.24) is 15.2 Å². The number of nitrogens with one attached hydrogen (secondary N) is 2. The van der Waals surface area contributed by atoms with E-state index >= 15 is 0 Å². The fourth-order valence-electron chi connectivity index (χ4n) is 3.86. The van der Waals surface area contributed by atoms with Crippen molar-refractivity contribution in [3.05, 3.63) is 70.4 Å². The number of rotatable bonds is 5. The van der Waals surface area contributed by atoms with Gasteiger partial charge in [0.2, 0.25) is 11.8 Å². The number of aromatic amines is 1. The Morgan fingerprint density at radius 1 is 1.23 bits per heavy atom. The number of benzene rings is 2. The smallest absolute Gasteiger partial charge is 0.245 e. The summed E-state index contributed by atoms with van der Waals surface area (Å²) in [5.41, 5.74) is 4.13. The van der Waals surface area contributed by atoms with E-state index in [-0.39, 0.29) is 11.8 Å². The average Bonchev–Trinajstić information content (AvgIpc) is 3.14. The molecule has 2 N–H and O–H groups in total. The quantitative estimate of drug-likeness (QED) is 0.594. The molecule has 0 fully saturated rings. The number of aromatic nitrogens is 1. The van der Waals surface area contributed by atoms with Crippen LogP contribution in [0.2, 0.25) is 5.02 Å². The molecule has 1 aliphatic heterocycles. The Bertz CT molecular complexity index is 1150. The summed E-state index contributed by atoms with van der Waals surface area (Å²) in [4.78, 5) is 30.5. The first kappa shape index (κ1) is 21.0. The lowest BCUT2D eigenvalue weighted by Crippen LogP contribution is -2.48. The lowest BCUT2D eigenvalue weighted by molar-refractivity contribution is -0.135. The van der Waals surface area contributed by atoms with Crippen LogP contribution in [0.1, 0.15) is 23.7 Å². The number of methoxy groups -OCH3 is 1. The molecule has 1 unspecified atom stereocenters.